The first-order valence-corrected chi connectivity index (χ1v) is 12.1. The van der Waals surface area contributed by atoms with Gasteiger partial charge in [0.25, 0.3) is 0 Å². The maximum atomic E-state index is 16.2. The third-order valence-electron chi connectivity index (χ3n) is 7.25. The standard InChI is InChI=1S/C23H25FN8O6/c1-9(33)6-25-21-26-8-27-32(21)18-13-4-12-5-23(19(34)28-22(36)29-20(23)35)17-11(3)37-10(2)7-31(17)15(12)14(24)16(13)38-30-18/h4,8-11,17,33H,5-7H2,1-3H3,(H,25,26,27)(H2,28,29,34,35,36)/t9-,10-,11+,17-/m1/s1. The van der Waals surface area contributed by atoms with E-state index in [9.17, 15) is 19.5 Å². The van der Waals surface area contributed by atoms with Crippen molar-refractivity contribution < 1.29 is 33.1 Å². The van der Waals surface area contributed by atoms with Gasteiger partial charge in [-0.2, -0.15) is 14.8 Å². The second kappa shape index (κ2) is 8.46. The molecule has 2 fully saturated rings. The van der Waals surface area contributed by atoms with Crippen LogP contribution >= 0.6 is 0 Å². The fraction of sp³-hybridized carbons (Fsp3) is 0.478. The van der Waals surface area contributed by atoms with Gasteiger partial charge in [0.05, 0.1) is 35.4 Å². The SMILES string of the molecule is C[C@@H]1CN2c3c(cc4c(-n5ncnc5NC[C@@H](C)O)noc4c3F)CC3(C(=O)NC(=O)NC3=O)[C@H]2[C@H](C)O1. The van der Waals surface area contributed by atoms with E-state index >= 15 is 4.39 Å². The number of aliphatic hydroxyl groups excluding tert-OH is 1. The molecule has 2 aromatic heterocycles. The number of hydrogen-bond donors (Lipinski definition) is 4. The van der Waals surface area contributed by atoms with Crippen molar-refractivity contribution in [1.82, 2.24) is 30.6 Å². The third kappa shape index (κ3) is 3.38. The lowest BCUT2D eigenvalue weighted by Crippen LogP contribution is -2.75. The highest BCUT2D eigenvalue weighted by atomic mass is 19.1. The molecular formula is C23H25FN8O6. The van der Waals surface area contributed by atoms with Crippen LogP contribution in [0, 0.1) is 11.2 Å². The first-order valence-electron chi connectivity index (χ1n) is 12.1. The molecule has 5 heterocycles. The predicted octanol–water partition coefficient (Wildman–Crippen LogP) is 0.231. The van der Waals surface area contributed by atoms with E-state index in [0.29, 0.717) is 5.56 Å². The number of hydrogen-bond acceptors (Lipinski definition) is 11. The summed E-state index contributed by atoms with van der Waals surface area (Å²) in [5.41, 5.74) is -1.35. The summed E-state index contributed by atoms with van der Waals surface area (Å²) in [6.45, 7) is 5.50. The number of aromatic nitrogens is 4. The zero-order valence-corrected chi connectivity index (χ0v) is 20.7. The third-order valence-corrected chi connectivity index (χ3v) is 7.25. The quantitative estimate of drug-likeness (QED) is 0.341. The molecule has 4 atom stereocenters. The van der Waals surface area contributed by atoms with Gasteiger partial charge in [-0.05, 0) is 32.4 Å². The van der Waals surface area contributed by atoms with Crippen LogP contribution in [0.5, 0.6) is 0 Å². The van der Waals surface area contributed by atoms with Gasteiger partial charge < -0.3 is 24.6 Å². The van der Waals surface area contributed by atoms with Crippen LogP contribution in [0.25, 0.3) is 16.8 Å². The fourth-order valence-corrected chi connectivity index (χ4v) is 5.85. The number of morpholine rings is 1. The van der Waals surface area contributed by atoms with Crippen LogP contribution in [0.3, 0.4) is 0 Å². The van der Waals surface area contributed by atoms with Gasteiger partial charge in [-0.3, -0.25) is 20.2 Å². The Hall–Kier alpha value is -4.11. The molecule has 0 radical (unpaired) electrons. The summed E-state index contributed by atoms with van der Waals surface area (Å²) < 4.78 is 28.9. The maximum Gasteiger partial charge on any atom is 0.328 e. The van der Waals surface area contributed by atoms with Gasteiger partial charge >= 0.3 is 6.03 Å². The number of anilines is 2. The summed E-state index contributed by atoms with van der Waals surface area (Å²) in [6.07, 6.45) is -0.573. The monoisotopic (exact) mass is 528 g/mol. The Morgan fingerprint density at radius 1 is 1.29 bits per heavy atom. The number of nitrogens with zero attached hydrogens (tertiary/aromatic N) is 5. The molecule has 0 saturated carbocycles. The fourth-order valence-electron chi connectivity index (χ4n) is 5.85. The smallest absolute Gasteiger partial charge is 0.328 e. The van der Waals surface area contributed by atoms with Crippen LogP contribution in [0.15, 0.2) is 16.9 Å². The summed E-state index contributed by atoms with van der Waals surface area (Å²) in [4.78, 5) is 44.4. The molecule has 200 valence electrons. The van der Waals surface area contributed by atoms with Crippen molar-refractivity contribution >= 4 is 40.5 Å². The van der Waals surface area contributed by atoms with Crippen molar-refractivity contribution in [1.29, 1.82) is 0 Å². The second-order valence-electron chi connectivity index (χ2n) is 9.94. The van der Waals surface area contributed by atoms with E-state index in [4.69, 9.17) is 9.26 Å². The highest BCUT2D eigenvalue weighted by Crippen LogP contribution is 2.49. The number of halogens is 1. The Morgan fingerprint density at radius 2 is 2.03 bits per heavy atom. The molecule has 15 heteroatoms. The van der Waals surface area contributed by atoms with Gasteiger partial charge in [-0.25, -0.2) is 9.18 Å². The van der Waals surface area contributed by atoms with Crippen LogP contribution in [0.2, 0.25) is 0 Å². The molecule has 3 aliphatic rings. The number of ether oxygens (including phenoxy) is 1. The van der Waals surface area contributed by atoms with E-state index in [1.807, 2.05) is 6.92 Å². The predicted molar refractivity (Wildman–Crippen MR) is 128 cm³/mol. The topological polar surface area (TPSA) is 177 Å². The molecule has 4 N–H and O–H groups in total. The Kier molecular flexibility index (Phi) is 5.39. The highest BCUT2D eigenvalue weighted by Gasteiger charge is 2.63. The number of rotatable bonds is 4. The van der Waals surface area contributed by atoms with Crippen LogP contribution in [-0.2, 0) is 20.7 Å². The first-order chi connectivity index (χ1) is 18.1. The normalized spacial score (nSPS) is 25.1. The Bertz CT molecular complexity index is 1460. The zero-order valence-electron chi connectivity index (χ0n) is 20.7. The minimum Gasteiger partial charge on any atom is -0.392 e. The number of urea groups is 1. The number of aliphatic hydroxyl groups is 1. The van der Waals surface area contributed by atoms with Crippen LogP contribution < -0.4 is 20.9 Å². The molecule has 0 aliphatic carbocycles. The lowest BCUT2D eigenvalue weighted by Gasteiger charge is -2.55. The second-order valence-corrected chi connectivity index (χ2v) is 9.94. The number of amides is 4. The Morgan fingerprint density at radius 3 is 2.74 bits per heavy atom. The number of fused-ring (bicyclic) bond motifs is 5. The summed E-state index contributed by atoms with van der Waals surface area (Å²) in [5, 5.41) is 25.4. The maximum absolute atomic E-state index is 16.2. The lowest BCUT2D eigenvalue weighted by molar-refractivity contribution is -0.153. The lowest BCUT2D eigenvalue weighted by atomic mass is 9.66. The molecule has 4 amide bonds. The van der Waals surface area contributed by atoms with E-state index in [-0.39, 0.29) is 54.0 Å². The van der Waals surface area contributed by atoms with Gasteiger partial charge in [-0.15, -0.1) is 0 Å². The van der Waals surface area contributed by atoms with Crippen LogP contribution in [-0.4, -0.2) is 80.3 Å². The Labute approximate surface area is 214 Å². The number of carbonyl (C=O) groups excluding carboxylic acids is 3. The molecule has 38 heavy (non-hydrogen) atoms. The molecule has 2 saturated heterocycles. The van der Waals surface area contributed by atoms with Crippen molar-refractivity contribution in [2.24, 2.45) is 5.41 Å². The Balaban J connectivity index is 1.54. The van der Waals surface area contributed by atoms with Crippen molar-refractivity contribution in [2.75, 3.05) is 23.3 Å². The van der Waals surface area contributed by atoms with Gasteiger partial charge in [0, 0.05) is 19.5 Å². The van der Waals surface area contributed by atoms with Gasteiger partial charge in [0.2, 0.25) is 29.2 Å². The van der Waals surface area contributed by atoms with Crippen LogP contribution in [0.1, 0.15) is 26.3 Å². The van der Waals surface area contributed by atoms with Crippen LogP contribution in [0.4, 0.5) is 20.8 Å². The minimum atomic E-state index is -1.75. The highest BCUT2D eigenvalue weighted by molar-refractivity contribution is 6.20. The number of nitrogens with one attached hydrogen (secondary N) is 3. The first kappa shape index (κ1) is 24.2. The van der Waals surface area contributed by atoms with E-state index in [2.05, 4.69) is 31.2 Å². The average Bonchev–Trinajstić information content (AvgIpc) is 3.47. The molecule has 0 unspecified atom stereocenters. The molecular weight excluding hydrogens is 503 g/mol. The molecule has 14 nitrogen and oxygen atoms in total. The van der Waals surface area contributed by atoms with Gasteiger partial charge in [0.1, 0.15) is 6.33 Å². The molecule has 6 rings (SSSR count). The van der Waals surface area contributed by atoms with Crippen molar-refractivity contribution in [3.63, 3.8) is 0 Å². The summed E-state index contributed by atoms with van der Waals surface area (Å²) in [6, 6.07) is -0.188. The average molecular weight is 529 g/mol. The van der Waals surface area contributed by atoms with Crippen molar-refractivity contribution in [2.45, 2.75) is 51.5 Å². The van der Waals surface area contributed by atoms with E-state index < -0.39 is 47.3 Å². The summed E-state index contributed by atoms with van der Waals surface area (Å²) in [7, 11) is 0. The van der Waals surface area contributed by atoms with E-state index in [0.717, 1.165) is 0 Å². The number of barbiturate groups is 1. The molecule has 3 aliphatic heterocycles. The van der Waals surface area contributed by atoms with E-state index in [1.165, 1.54) is 11.0 Å². The molecule has 1 spiro atoms. The van der Waals surface area contributed by atoms with E-state index in [1.54, 1.807) is 24.8 Å². The van der Waals surface area contributed by atoms with Gasteiger partial charge in [-0.1, -0.05) is 5.16 Å². The number of carbonyl (C=O) groups is 3. The molecule has 0 bridgehead atoms. The van der Waals surface area contributed by atoms with Crippen molar-refractivity contribution in [3.05, 3.63) is 23.8 Å². The molecule has 1 aromatic carbocycles. The summed E-state index contributed by atoms with van der Waals surface area (Å²) >= 11 is 0. The minimum absolute atomic E-state index is 0.125. The molecule has 3 aromatic rings. The zero-order chi connectivity index (χ0) is 26.9. The van der Waals surface area contributed by atoms with Gasteiger partial charge in [0.15, 0.2) is 11.2 Å². The largest absolute Gasteiger partial charge is 0.392 e. The van der Waals surface area contributed by atoms with Crippen molar-refractivity contribution in [3.8, 4) is 5.82 Å². The number of benzene rings is 1. The number of imide groups is 2. The summed E-state index contributed by atoms with van der Waals surface area (Å²) in [5.74, 6) is -1.88.